The minimum atomic E-state index is -0.228. The largest absolute Gasteiger partial charge is 0.494 e. The summed E-state index contributed by atoms with van der Waals surface area (Å²) in [7, 11) is 0. The Labute approximate surface area is 116 Å². The van der Waals surface area contributed by atoms with Crippen molar-refractivity contribution in [2.75, 3.05) is 12.3 Å². The van der Waals surface area contributed by atoms with Gasteiger partial charge >= 0.3 is 0 Å². The molecule has 2 aromatic rings. The summed E-state index contributed by atoms with van der Waals surface area (Å²) in [6, 6.07) is 8.43. The molecular formula is C14H13ClN2O2. The maximum atomic E-state index is 12.3. The monoisotopic (exact) mass is 276 g/mol. The van der Waals surface area contributed by atoms with E-state index in [0.717, 1.165) is 0 Å². The van der Waals surface area contributed by atoms with Gasteiger partial charge in [0.1, 0.15) is 11.6 Å². The van der Waals surface area contributed by atoms with Gasteiger partial charge in [-0.25, -0.2) is 4.98 Å². The van der Waals surface area contributed by atoms with Crippen LogP contribution in [0.15, 0.2) is 36.5 Å². The molecule has 19 heavy (non-hydrogen) atoms. The number of halogens is 1. The van der Waals surface area contributed by atoms with E-state index in [2.05, 4.69) is 4.98 Å². The van der Waals surface area contributed by atoms with Crippen molar-refractivity contribution in [1.82, 2.24) is 4.98 Å². The third-order valence-electron chi connectivity index (χ3n) is 2.54. The van der Waals surface area contributed by atoms with E-state index in [1.54, 1.807) is 24.3 Å². The first-order valence-electron chi connectivity index (χ1n) is 5.80. The topological polar surface area (TPSA) is 65.2 Å². The van der Waals surface area contributed by atoms with Gasteiger partial charge < -0.3 is 10.5 Å². The average molecular weight is 277 g/mol. The highest BCUT2D eigenvalue weighted by atomic mass is 35.5. The Hall–Kier alpha value is -2.07. The van der Waals surface area contributed by atoms with Crippen molar-refractivity contribution in [3.8, 4) is 5.75 Å². The van der Waals surface area contributed by atoms with Gasteiger partial charge in [0.2, 0.25) is 0 Å². The average Bonchev–Trinajstić information content (AvgIpc) is 2.41. The molecule has 0 saturated heterocycles. The maximum Gasteiger partial charge on any atom is 0.196 e. The summed E-state index contributed by atoms with van der Waals surface area (Å²) in [5.41, 5.74) is 6.48. The second kappa shape index (κ2) is 5.71. The van der Waals surface area contributed by atoms with Gasteiger partial charge in [-0.3, -0.25) is 4.79 Å². The van der Waals surface area contributed by atoms with Crippen LogP contribution in [-0.4, -0.2) is 17.4 Å². The highest BCUT2D eigenvalue weighted by Gasteiger charge is 2.14. The molecule has 0 aliphatic heterocycles. The maximum absolute atomic E-state index is 12.3. The molecule has 4 nitrogen and oxygen atoms in total. The van der Waals surface area contributed by atoms with Crippen LogP contribution < -0.4 is 10.5 Å². The number of rotatable bonds is 4. The molecule has 0 radical (unpaired) electrons. The number of nitrogens with two attached hydrogens (primary N) is 1. The Morgan fingerprint density at radius 1 is 1.42 bits per heavy atom. The molecule has 0 unspecified atom stereocenters. The lowest BCUT2D eigenvalue weighted by molar-refractivity contribution is 0.103. The molecule has 0 atom stereocenters. The molecule has 0 spiro atoms. The van der Waals surface area contributed by atoms with Gasteiger partial charge in [0, 0.05) is 11.8 Å². The number of carbonyl (C=O) groups excluding carboxylic acids is 1. The van der Waals surface area contributed by atoms with E-state index < -0.39 is 0 Å². The number of anilines is 1. The molecule has 1 aromatic carbocycles. The smallest absolute Gasteiger partial charge is 0.196 e. The van der Waals surface area contributed by atoms with Gasteiger partial charge in [0.25, 0.3) is 0 Å². The molecule has 0 aliphatic carbocycles. The van der Waals surface area contributed by atoms with Crippen molar-refractivity contribution in [2.24, 2.45) is 0 Å². The predicted molar refractivity (Wildman–Crippen MR) is 74.7 cm³/mol. The lowest BCUT2D eigenvalue weighted by atomic mass is 10.0. The van der Waals surface area contributed by atoms with Crippen molar-refractivity contribution < 1.29 is 9.53 Å². The second-order valence-electron chi connectivity index (χ2n) is 3.88. The number of benzene rings is 1. The first-order chi connectivity index (χ1) is 9.11. The number of hydrogen-bond donors (Lipinski definition) is 1. The molecule has 0 saturated carbocycles. The number of nitrogen functional groups attached to an aromatic ring is 1. The van der Waals surface area contributed by atoms with Gasteiger partial charge in [-0.15, -0.1) is 0 Å². The van der Waals surface area contributed by atoms with E-state index in [9.17, 15) is 4.79 Å². The number of pyridine rings is 1. The summed E-state index contributed by atoms with van der Waals surface area (Å²) in [4.78, 5) is 16.2. The quantitative estimate of drug-likeness (QED) is 0.872. The SMILES string of the molecule is CCOc1cccc(C(=O)c2cc(Cl)cnc2N)c1. The summed E-state index contributed by atoms with van der Waals surface area (Å²) < 4.78 is 5.36. The zero-order chi connectivity index (χ0) is 13.8. The first kappa shape index (κ1) is 13.4. The Kier molecular flexibility index (Phi) is 4.02. The van der Waals surface area contributed by atoms with Crippen LogP contribution in [0, 0.1) is 0 Å². The summed E-state index contributed by atoms with van der Waals surface area (Å²) >= 11 is 5.83. The van der Waals surface area contributed by atoms with Gasteiger partial charge in [-0.1, -0.05) is 23.7 Å². The first-order valence-corrected chi connectivity index (χ1v) is 6.18. The number of nitrogens with zero attached hydrogens (tertiary/aromatic N) is 1. The summed E-state index contributed by atoms with van der Waals surface area (Å²) in [5.74, 6) is 0.576. The summed E-state index contributed by atoms with van der Waals surface area (Å²) in [6.45, 7) is 2.42. The zero-order valence-electron chi connectivity index (χ0n) is 10.4. The Morgan fingerprint density at radius 2 is 2.21 bits per heavy atom. The minimum absolute atomic E-state index is 0.163. The number of hydrogen-bond acceptors (Lipinski definition) is 4. The third kappa shape index (κ3) is 3.03. The molecule has 0 fully saturated rings. The Balaban J connectivity index is 2.38. The van der Waals surface area contributed by atoms with Crippen molar-refractivity contribution in [2.45, 2.75) is 6.92 Å². The highest BCUT2D eigenvalue weighted by molar-refractivity contribution is 6.31. The second-order valence-corrected chi connectivity index (χ2v) is 4.31. The standard InChI is InChI=1S/C14H13ClN2O2/c1-2-19-11-5-3-4-9(6-11)13(18)12-7-10(15)8-17-14(12)16/h3-8H,2H2,1H3,(H2,16,17). The minimum Gasteiger partial charge on any atom is -0.494 e. The molecule has 0 aliphatic rings. The molecule has 0 bridgehead atoms. The van der Waals surface area contributed by atoms with Crippen LogP contribution in [0.4, 0.5) is 5.82 Å². The van der Waals surface area contributed by atoms with Crippen molar-refractivity contribution >= 4 is 23.2 Å². The van der Waals surface area contributed by atoms with Crippen LogP contribution in [0.1, 0.15) is 22.8 Å². The molecule has 2 N–H and O–H groups in total. The number of carbonyl (C=O) groups is 1. The van der Waals surface area contributed by atoms with Crippen molar-refractivity contribution in [1.29, 1.82) is 0 Å². The highest BCUT2D eigenvalue weighted by Crippen LogP contribution is 2.21. The van der Waals surface area contributed by atoms with Gasteiger partial charge in [0.05, 0.1) is 17.2 Å². The zero-order valence-corrected chi connectivity index (χ0v) is 11.1. The Morgan fingerprint density at radius 3 is 2.95 bits per heavy atom. The van der Waals surface area contributed by atoms with E-state index in [0.29, 0.717) is 28.5 Å². The van der Waals surface area contributed by atoms with Gasteiger partial charge in [-0.05, 0) is 25.1 Å². The molecule has 1 aromatic heterocycles. The molecule has 1 heterocycles. The fourth-order valence-corrected chi connectivity index (χ4v) is 1.84. The van der Waals surface area contributed by atoms with Crippen molar-refractivity contribution in [3.05, 3.63) is 52.7 Å². The van der Waals surface area contributed by atoms with E-state index in [1.807, 2.05) is 6.92 Å². The molecule has 2 rings (SSSR count). The molecular weight excluding hydrogens is 264 g/mol. The van der Waals surface area contributed by atoms with Crippen LogP contribution in [0.25, 0.3) is 0 Å². The fraction of sp³-hybridized carbons (Fsp3) is 0.143. The van der Waals surface area contributed by atoms with E-state index in [4.69, 9.17) is 22.1 Å². The normalized spacial score (nSPS) is 10.2. The van der Waals surface area contributed by atoms with E-state index >= 15 is 0 Å². The number of ether oxygens (including phenoxy) is 1. The lowest BCUT2D eigenvalue weighted by Gasteiger charge is -2.07. The predicted octanol–water partition coefficient (Wildman–Crippen LogP) is 2.95. The fourth-order valence-electron chi connectivity index (χ4n) is 1.68. The lowest BCUT2D eigenvalue weighted by Crippen LogP contribution is -2.07. The molecule has 5 heteroatoms. The molecule has 98 valence electrons. The Bertz CT molecular complexity index is 614. The molecule has 0 amide bonds. The number of aromatic nitrogens is 1. The van der Waals surface area contributed by atoms with E-state index in [-0.39, 0.29) is 11.6 Å². The van der Waals surface area contributed by atoms with Gasteiger partial charge in [-0.2, -0.15) is 0 Å². The van der Waals surface area contributed by atoms with Crippen molar-refractivity contribution in [3.63, 3.8) is 0 Å². The number of ketones is 1. The van der Waals surface area contributed by atoms with E-state index in [1.165, 1.54) is 12.3 Å². The van der Waals surface area contributed by atoms with Crippen LogP contribution in [0.3, 0.4) is 0 Å². The summed E-state index contributed by atoms with van der Waals surface area (Å²) in [5, 5.41) is 0.374. The van der Waals surface area contributed by atoms with Crippen LogP contribution in [0.5, 0.6) is 5.75 Å². The third-order valence-corrected chi connectivity index (χ3v) is 2.74. The van der Waals surface area contributed by atoms with Crippen LogP contribution >= 0.6 is 11.6 Å². The van der Waals surface area contributed by atoms with Crippen LogP contribution in [-0.2, 0) is 0 Å². The summed E-state index contributed by atoms with van der Waals surface area (Å²) in [6.07, 6.45) is 1.41. The van der Waals surface area contributed by atoms with Crippen LogP contribution in [0.2, 0.25) is 5.02 Å². The van der Waals surface area contributed by atoms with Gasteiger partial charge in [0.15, 0.2) is 5.78 Å².